The molecule has 110 valence electrons. The summed E-state index contributed by atoms with van der Waals surface area (Å²) in [7, 11) is 0. The van der Waals surface area contributed by atoms with Gasteiger partial charge in [-0.05, 0) is 38.3 Å². The zero-order chi connectivity index (χ0) is 14.8. The summed E-state index contributed by atoms with van der Waals surface area (Å²) < 4.78 is 0. The molecule has 1 aliphatic rings. The van der Waals surface area contributed by atoms with Crippen molar-refractivity contribution >= 4 is 11.7 Å². The van der Waals surface area contributed by atoms with Crippen LogP contribution < -0.4 is 5.32 Å². The molecule has 1 aliphatic heterocycles. The summed E-state index contributed by atoms with van der Waals surface area (Å²) in [4.78, 5) is 10.5. The highest BCUT2D eigenvalue weighted by molar-refractivity contribution is 5.66. The van der Waals surface area contributed by atoms with Gasteiger partial charge in [0.1, 0.15) is 0 Å². The van der Waals surface area contributed by atoms with Crippen molar-refractivity contribution in [3.05, 3.63) is 29.3 Å². The molecule has 0 saturated carbocycles. The Bertz CT molecular complexity index is 498. The third-order valence-corrected chi connectivity index (χ3v) is 4.70. The Hall–Kier alpha value is -1.51. The van der Waals surface area contributed by atoms with Gasteiger partial charge >= 0.3 is 5.97 Å². The number of anilines is 1. The molecular formula is C17H25NO2. The van der Waals surface area contributed by atoms with Gasteiger partial charge in [-0.15, -0.1) is 0 Å². The van der Waals surface area contributed by atoms with Gasteiger partial charge in [-0.1, -0.05) is 37.5 Å². The average Bonchev–Trinajstić information content (AvgIpc) is 2.62. The van der Waals surface area contributed by atoms with E-state index in [0.29, 0.717) is 12.5 Å². The van der Waals surface area contributed by atoms with E-state index in [1.54, 1.807) is 0 Å². The molecule has 0 spiro atoms. The minimum atomic E-state index is -0.687. The number of carboxylic acid groups (broad SMARTS) is 1. The quantitative estimate of drug-likeness (QED) is 0.768. The number of unbranched alkanes of at least 4 members (excludes halogenated alkanes) is 2. The van der Waals surface area contributed by atoms with Gasteiger partial charge in [0, 0.05) is 23.6 Å². The lowest BCUT2D eigenvalue weighted by molar-refractivity contribution is -0.137. The monoisotopic (exact) mass is 275 g/mol. The molecule has 2 rings (SSSR count). The van der Waals surface area contributed by atoms with Crippen molar-refractivity contribution in [2.75, 3.05) is 5.32 Å². The fourth-order valence-corrected chi connectivity index (χ4v) is 3.18. The second-order valence-electron chi connectivity index (χ2n) is 6.29. The first-order valence-corrected chi connectivity index (χ1v) is 7.53. The number of hydrogen-bond acceptors (Lipinski definition) is 2. The molecule has 1 aromatic rings. The maximum atomic E-state index is 10.5. The number of carboxylic acids is 1. The highest BCUT2D eigenvalue weighted by Gasteiger charge is 2.39. The predicted octanol–water partition coefficient (Wildman–Crippen LogP) is 4.10. The molecule has 0 saturated heterocycles. The Morgan fingerprint density at radius 3 is 2.80 bits per heavy atom. The number of hydrogen-bond donors (Lipinski definition) is 2. The fraction of sp³-hybridized carbons (Fsp3) is 0.588. The summed E-state index contributed by atoms with van der Waals surface area (Å²) in [5.74, 6) is -0.687. The van der Waals surface area contributed by atoms with E-state index in [9.17, 15) is 4.79 Å². The van der Waals surface area contributed by atoms with Crippen LogP contribution in [0.1, 0.15) is 57.1 Å². The predicted molar refractivity (Wildman–Crippen MR) is 82.3 cm³/mol. The number of aliphatic carboxylic acids is 1. The first kappa shape index (κ1) is 14.9. The average molecular weight is 275 g/mol. The molecule has 20 heavy (non-hydrogen) atoms. The van der Waals surface area contributed by atoms with Gasteiger partial charge < -0.3 is 10.4 Å². The topological polar surface area (TPSA) is 49.3 Å². The van der Waals surface area contributed by atoms with Gasteiger partial charge in [0.25, 0.3) is 0 Å². The van der Waals surface area contributed by atoms with Gasteiger partial charge in [0.15, 0.2) is 0 Å². The normalized spacial score (nSPS) is 24.2. The largest absolute Gasteiger partial charge is 0.481 e. The standard InChI is InChI=1S/C17H25NO2/c1-12-8-9-15-14(11-12)17(3,13(2)18-15)10-6-4-5-7-16(19)20/h8-9,11,13,18H,4-7,10H2,1-3H3,(H,19,20). The zero-order valence-corrected chi connectivity index (χ0v) is 12.7. The van der Waals surface area contributed by atoms with Crippen molar-refractivity contribution in [2.24, 2.45) is 0 Å². The molecule has 1 aromatic carbocycles. The number of fused-ring (bicyclic) bond motifs is 1. The first-order chi connectivity index (χ1) is 9.43. The molecule has 0 amide bonds. The number of aryl methyl sites for hydroxylation is 1. The van der Waals surface area contributed by atoms with Crippen LogP contribution in [0.4, 0.5) is 5.69 Å². The van der Waals surface area contributed by atoms with Gasteiger partial charge in [0.2, 0.25) is 0 Å². The number of carbonyl (C=O) groups is 1. The van der Waals surface area contributed by atoms with E-state index in [-0.39, 0.29) is 5.41 Å². The maximum absolute atomic E-state index is 10.5. The summed E-state index contributed by atoms with van der Waals surface area (Å²) in [6.45, 7) is 6.70. The van der Waals surface area contributed by atoms with E-state index in [2.05, 4.69) is 44.3 Å². The van der Waals surface area contributed by atoms with Crippen LogP contribution in [-0.4, -0.2) is 17.1 Å². The van der Waals surface area contributed by atoms with Crippen molar-refractivity contribution in [3.63, 3.8) is 0 Å². The fourth-order valence-electron chi connectivity index (χ4n) is 3.18. The van der Waals surface area contributed by atoms with Crippen LogP contribution in [-0.2, 0) is 10.2 Å². The van der Waals surface area contributed by atoms with Crippen LogP contribution in [0.15, 0.2) is 18.2 Å². The Morgan fingerprint density at radius 2 is 2.10 bits per heavy atom. The molecule has 0 bridgehead atoms. The molecule has 1 heterocycles. The number of benzene rings is 1. The van der Waals surface area contributed by atoms with Gasteiger partial charge in [-0.25, -0.2) is 0 Å². The van der Waals surface area contributed by atoms with Crippen LogP contribution in [0, 0.1) is 6.92 Å². The van der Waals surface area contributed by atoms with Gasteiger partial charge in [0.05, 0.1) is 0 Å². The van der Waals surface area contributed by atoms with E-state index in [1.165, 1.54) is 16.8 Å². The Kier molecular flexibility index (Phi) is 4.36. The summed E-state index contributed by atoms with van der Waals surface area (Å²) in [5, 5.41) is 12.2. The molecular weight excluding hydrogens is 250 g/mol. The van der Waals surface area contributed by atoms with Crippen molar-refractivity contribution in [1.82, 2.24) is 0 Å². The van der Waals surface area contributed by atoms with Crippen molar-refractivity contribution in [3.8, 4) is 0 Å². The second-order valence-corrected chi connectivity index (χ2v) is 6.29. The molecule has 0 radical (unpaired) electrons. The van der Waals surface area contributed by atoms with Gasteiger partial charge in [-0.2, -0.15) is 0 Å². The molecule has 0 aromatic heterocycles. The summed E-state index contributed by atoms with van der Waals surface area (Å²) in [5.41, 5.74) is 4.14. The van der Waals surface area contributed by atoms with E-state index in [0.717, 1.165) is 25.7 Å². The lowest BCUT2D eigenvalue weighted by Crippen LogP contribution is -2.33. The van der Waals surface area contributed by atoms with Crippen molar-refractivity contribution in [2.45, 2.75) is 64.3 Å². The van der Waals surface area contributed by atoms with Gasteiger partial charge in [-0.3, -0.25) is 4.79 Å². The van der Waals surface area contributed by atoms with Crippen LogP contribution in [0.25, 0.3) is 0 Å². The summed E-state index contributed by atoms with van der Waals surface area (Å²) in [6.07, 6.45) is 4.27. The van der Waals surface area contributed by atoms with Crippen LogP contribution in [0.2, 0.25) is 0 Å². The zero-order valence-electron chi connectivity index (χ0n) is 12.7. The minimum absolute atomic E-state index is 0.157. The SMILES string of the molecule is Cc1ccc2c(c1)C(C)(CCCCCC(=O)O)C(C)N2. The molecule has 3 nitrogen and oxygen atoms in total. The summed E-state index contributed by atoms with van der Waals surface area (Å²) in [6, 6.07) is 7.05. The maximum Gasteiger partial charge on any atom is 0.303 e. The van der Waals surface area contributed by atoms with Crippen molar-refractivity contribution < 1.29 is 9.90 Å². The highest BCUT2D eigenvalue weighted by Crippen LogP contribution is 2.44. The van der Waals surface area contributed by atoms with Crippen LogP contribution >= 0.6 is 0 Å². The smallest absolute Gasteiger partial charge is 0.303 e. The summed E-state index contributed by atoms with van der Waals surface area (Å²) >= 11 is 0. The Morgan fingerprint density at radius 1 is 1.35 bits per heavy atom. The third kappa shape index (κ3) is 2.97. The lowest BCUT2D eigenvalue weighted by atomic mass is 9.75. The number of nitrogens with one attached hydrogen (secondary N) is 1. The number of rotatable bonds is 6. The molecule has 3 heteroatoms. The lowest BCUT2D eigenvalue weighted by Gasteiger charge is -2.30. The first-order valence-electron chi connectivity index (χ1n) is 7.53. The third-order valence-electron chi connectivity index (χ3n) is 4.70. The van der Waals surface area contributed by atoms with Crippen LogP contribution in [0.5, 0.6) is 0 Å². The molecule has 2 unspecified atom stereocenters. The van der Waals surface area contributed by atoms with Crippen molar-refractivity contribution in [1.29, 1.82) is 0 Å². The van der Waals surface area contributed by atoms with E-state index in [4.69, 9.17) is 5.11 Å². The van der Waals surface area contributed by atoms with E-state index >= 15 is 0 Å². The highest BCUT2D eigenvalue weighted by atomic mass is 16.4. The molecule has 0 aliphatic carbocycles. The Balaban J connectivity index is 1.99. The molecule has 0 fully saturated rings. The second kappa shape index (κ2) is 5.86. The molecule has 2 atom stereocenters. The van der Waals surface area contributed by atoms with E-state index in [1.807, 2.05) is 0 Å². The van der Waals surface area contributed by atoms with E-state index < -0.39 is 5.97 Å². The minimum Gasteiger partial charge on any atom is -0.481 e. The molecule has 2 N–H and O–H groups in total. The Labute approximate surface area is 121 Å². The van der Waals surface area contributed by atoms with Crippen LogP contribution in [0.3, 0.4) is 0 Å².